The number of carbonyl (C=O) groups is 3. The lowest BCUT2D eigenvalue weighted by atomic mass is 9.98. The van der Waals surface area contributed by atoms with Gasteiger partial charge in [-0.1, -0.05) is 19.1 Å². The van der Waals surface area contributed by atoms with Gasteiger partial charge in [-0.05, 0) is 62.2 Å². The van der Waals surface area contributed by atoms with Crippen LogP contribution in [-0.2, 0) is 14.4 Å². The van der Waals surface area contributed by atoms with Gasteiger partial charge in [0.05, 0.1) is 7.11 Å². The Balaban J connectivity index is 1.98. The predicted molar refractivity (Wildman–Crippen MR) is 142 cm³/mol. The molecule has 0 saturated heterocycles. The summed E-state index contributed by atoms with van der Waals surface area (Å²) >= 11 is 1.27. The Bertz CT molecular complexity index is 1200. The second kappa shape index (κ2) is 12.4. The molecule has 0 unspecified atom stereocenters. The molecule has 1 atom stereocenters. The van der Waals surface area contributed by atoms with Crippen molar-refractivity contribution in [2.45, 2.75) is 51.6 Å². The third-order valence-electron chi connectivity index (χ3n) is 5.90. The van der Waals surface area contributed by atoms with Crippen molar-refractivity contribution in [2.24, 2.45) is 0 Å². The summed E-state index contributed by atoms with van der Waals surface area (Å²) in [7, 11) is 1.53. The first kappa shape index (κ1) is 27.8. The minimum absolute atomic E-state index is 0.108. The minimum Gasteiger partial charge on any atom is -0.497 e. The third kappa shape index (κ3) is 7.60. The normalized spacial score (nSPS) is 11.9. The van der Waals surface area contributed by atoms with Gasteiger partial charge >= 0.3 is 0 Å². The van der Waals surface area contributed by atoms with Crippen molar-refractivity contribution in [1.82, 2.24) is 10.3 Å². The molecule has 3 aromatic rings. The Morgan fingerprint density at radius 3 is 2.32 bits per heavy atom. The summed E-state index contributed by atoms with van der Waals surface area (Å²) < 4.78 is 19.0. The van der Waals surface area contributed by atoms with Crippen LogP contribution >= 0.6 is 11.3 Å². The number of aromatic nitrogens is 1. The van der Waals surface area contributed by atoms with Crippen LogP contribution < -0.4 is 20.3 Å². The first-order valence-corrected chi connectivity index (χ1v) is 12.7. The Kier molecular flexibility index (Phi) is 9.35. The van der Waals surface area contributed by atoms with E-state index in [-0.39, 0.29) is 18.7 Å². The fourth-order valence-corrected chi connectivity index (χ4v) is 4.09. The molecule has 2 aromatic carbocycles. The van der Waals surface area contributed by atoms with Crippen LogP contribution in [0.2, 0.25) is 0 Å². The van der Waals surface area contributed by atoms with Gasteiger partial charge < -0.3 is 15.4 Å². The molecule has 2 N–H and O–H groups in total. The molecule has 3 amide bonds. The Morgan fingerprint density at radius 1 is 1.08 bits per heavy atom. The highest BCUT2D eigenvalue weighted by Crippen LogP contribution is 2.31. The largest absolute Gasteiger partial charge is 0.497 e. The van der Waals surface area contributed by atoms with Gasteiger partial charge in [0.25, 0.3) is 0 Å². The summed E-state index contributed by atoms with van der Waals surface area (Å²) in [5, 5.41) is 7.84. The maximum absolute atomic E-state index is 13.8. The lowest BCUT2D eigenvalue weighted by Gasteiger charge is -2.34. The molecular weight excluding hydrogens is 495 g/mol. The van der Waals surface area contributed by atoms with E-state index in [4.69, 9.17) is 4.74 Å². The summed E-state index contributed by atoms with van der Waals surface area (Å²) in [5.74, 6) is -1.12. The monoisotopic (exact) mass is 526 g/mol. The molecule has 196 valence electrons. The van der Waals surface area contributed by atoms with Crippen LogP contribution in [0.25, 0.3) is 0 Å². The van der Waals surface area contributed by atoms with Gasteiger partial charge in [0, 0.05) is 35.6 Å². The molecule has 1 aromatic heterocycles. The van der Waals surface area contributed by atoms with E-state index in [2.05, 4.69) is 15.6 Å². The van der Waals surface area contributed by atoms with Crippen LogP contribution in [0.1, 0.15) is 51.6 Å². The topological polar surface area (TPSA) is 101 Å². The van der Waals surface area contributed by atoms with Gasteiger partial charge in [-0.3, -0.25) is 19.3 Å². The maximum atomic E-state index is 13.8. The fourth-order valence-electron chi connectivity index (χ4n) is 3.54. The molecule has 0 bridgehead atoms. The van der Waals surface area contributed by atoms with E-state index in [9.17, 15) is 18.8 Å². The van der Waals surface area contributed by atoms with Gasteiger partial charge in [-0.15, -0.1) is 11.3 Å². The summed E-state index contributed by atoms with van der Waals surface area (Å²) in [6.07, 6.45) is 1.96. The average Bonchev–Trinajstić information content (AvgIpc) is 3.39. The van der Waals surface area contributed by atoms with Crippen LogP contribution in [-0.4, -0.2) is 35.4 Å². The van der Waals surface area contributed by atoms with Crippen molar-refractivity contribution in [3.63, 3.8) is 0 Å². The quantitative estimate of drug-likeness (QED) is 0.363. The van der Waals surface area contributed by atoms with Crippen molar-refractivity contribution < 1.29 is 23.5 Å². The zero-order valence-electron chi connectivity index (χ0n) is 21.3. The van der Waals surface area contributed by atoms with Crippen molar-refractivity contribution in [3.8, 4) is 5.75 Å². The lowest BCUT2D eigenvalue weighted by molar-refractivity contribution is -0.128. The van der Waals surface area contributed by atoms with E-state index in [1.165, 1.54) is 47.6 Å². The minimum atomic E-state index is -1.10. The number of thiazole rings is 1. The highest BCUT2D eigenvalue weighted by atomic mass is 32.1. The molecular formula is C27H31FN4O4S. The highest BCUT2D eigenvalue weighted by molar-refractivity contribution is 7.13. The van der Waals surface area contributed by atoms with Gasteiger partial charge in [0.15, 0.2) is 5.13 Å². The number of hydrogen-bond acceptors (Lipinski definition) is 6. The molecule has 0 saturated carbocycles. The van der Waals surface area contributed by atoms with Gasteiger partial charge in [0.1, 0.15) is 17.6 Å². The molecule has 0 spiro atoms. The molecule has 3 rings (SSSR count). The Morgan fingerprint density at radius 2 is 1.76 bits per heavy atom. The molecule has 37 heavy (non-hydrogen) atoms. The number of carbonyl (C=O) groups excluding carboxylic acids is 3. The molecule has 0 aliphatic carbocycles. The Labute approximate surface area is 219 Å². The first-order valence-electron chi connectivity index (χ1n) is 11.9. The van der Waals surface area contributed by atoms with Crippen LogP contribution in [0, 0.1) is 5.82 Å². The van der Waals surface area contributed by atoms with Crippen LogP contribution in [0.5, 0.6) is 5.75 Å². The van der Waals surface area contributed by atoms with Gasteiger partial charge in [-0.2, -0.15) is 0 Å². The van der Waals surface area contributed by atoms with E-state index in [0.717, 1.165) is 0 Å². The second-order valence-corrected chi connectivity index (χ2v) is 9.92. The molecule has 8 nitrogen and oxygen atoms in total. The van der Waals surface area contributed by atoms with Crippen molar-refractivity contribution >= 4 is 39.9 Å². The standard InChI is InChI=1S/C27H31FN4O4S/c1-5-27(2,3)31-25(35)24(18-6-8-19(28)9-7-18)32(20-10-12-21(36-4)13-11-20)23(34)15-14-22(33)30-26-29-16-17-37-26/h6-13,16-17,24H,5,14-15H2,1-4H3,(H,31,35)(H,29,30,33)/t24-/m0/s1. The zero-order chi connectivity index (χ0) is 27.0. The van der Waals surface area contributed by atoms with Gasteiger partial charge in [-0.25, -0.2) is 9.37 Å². The molecule has 0 aliphatic rings. The lowest BCUT2D eigenvalue weighted by Crippen LogP contribution is -2.50. The summed E-state index contributed by atoms with van der Waals surface area (Å²) in [4.78, 5) is 45.2. The number of ether oxygens (including phenoxy) is 1. The molecule has 0 radical (unpaired) electrons. The predicted octanol–water partition coefficient (Wildman–Crippen LogP) is 5.09. The summed E-state index contributed by atoms with van der Waals surface area (Å²) in [6, 6.07) is 11.1. The summed E-state index contributed by atoms with van der Waals surface area (Å²) in [6.45, 7) is 5.71. The zero-order valence-corrected chi connectivity index (χ0v) is 22.1. The van der Waals surface area contributed by atoms with Crippen molar-refractivity contribution in [1.29, 1.82) is 0 Å². The number of nitrogens with one attached hydrogen (secondary N) is 2. The smallest absolute Gasteiger partial charge is 0.248 e. The molecule has 0 fully saturated rings. The average molecular weight is 527 g/mol. The van der Waals surface area contributed by atoms with E-state index >= 15 is 0 Å². The van der Waals surface area contributed by atoms with E-state index < -0.39 is 29.2 Å². The van der Waals surface area contributed by atoms with Crippen LogP contribution in [0.15, 0.2) is 60.1 Å². The third-order valence-corrected chi connectivity index (χ3v) is 6.59. The van der Waals surface area contributed by atoms with Crippen LogP contribution in [0.3, 0.4) is 0 Å². The maximum Gasteiger partial charge on any atom is 0.248 e. The Hall–Kier alpha value is -3.79. The molecule has 0 aliphatic heterocycles. The first-order chi connectivity index (χ1) is 17.6. The molecule has 1 heterocycles. The van der Waals surface area contributed by atoms with E-state index in [0.29, 0.717) is 28.6 Å². The highest BCUT2D eigenvalue weighted by Gasteiger charge is 2.35. The van der Waals surface area contributed by atoms with E-state index in [1.807, 2.05) is 20.8 Å². The molecule has 10 heteroatoms. The number of hydrogen-bond donors (Lipinski definition) is 2. The van der Waals surface area contributed by atoms with E-state index in [1.54, 1.807) is 35.8 Å². The number of halogens is 1. The summed E-state index contributed by atoms with van der Waals surface area (Å²) in [5.41, 5.74) is 0.324. The number of methoxy groups -OCH3 is 1. The van der Waals surface area contributed by atoms with Crippen molar-refractivity contribution in [2.75, 3.05) is 17.3 Å². The number of benzene rings is 2. The number of rotatable bonds is 11. The number of amides is 3. The SMILES string of the molecule is CCC(C)(C)NC(=O)[C@H](c1ccc(F)cc1)N(C(=O)CCC(=O)Nc1nccs1)c1ccc(OC)cc1. The number of nitrogens with zero attached hydrogens (tertiary/aromatic N) is 2. The van der Waals surface area contributed by atoms with Gasteiger partial charge in [0.2, 0.25) is 17.7 Å². The van der Waals surface area contributed by atoms with Crippen molar-refractivity contribution in [3.05, 3.63) is 71.5 Å². The fraction of sp³-hybridized carbons (Fsp3) is 0.333. The second-order valence-electron chi connectivity index (χ2n) is 9.03. The van der Waals surface area contributed by atoms with Crippen LogP contribution in [0.4, 0.5) is 15.2 Å². The number of anilines is 2.